The molecule has 2 aromatic rings. The minimum atomic E-state index is -4.55. The number of aromatic nitrogens is 1. The van der Waals surface area contributed by atoms with Crippen molar-refractivity contribution in [1.29, 1.82) is 0 Å². The van der Waals surface area contributed by atoms with Crippen LogP contribution in [0, 0.1) is 0 Å². The van der Waals surface area contributed by atoms with E-state index in [0.29, 0.717) is 5.69 Å². The summed E-state index contributed by atoms with van der Waals surface area (Å²) in [6.45, 7) is 1.47. The van der Waals surface area contributed by atoms with Crippen LogP contribution in [-0.2, 0) is 17.5 Å². The predicted octanol–water partition coefficient (Wildman–Crippen LogP) is 3.64. The number of carbonyl (C=O) groups excluding carboxylic acids is 2. The maximum absolute atomic E-state index is 12.8. The Labute approximate surface area is 146 Å². The maximum atomic E-state index is 12.8. The molecule has 0 aliphatic heterocycles. The molecule has 2 amide bonds. The molecule has 25 heavy (non-hydrogen) atoms. The normalized spacial score (nSPS) is 11.1. The summed E-state index contributed by atoms with van der Waals surface area (Å²) in [6.07, 6.45) is -3.19. The van der Waals surface area contributed by atoms with Crippen LogP contribution in [0.25, 0.3) is 0 Å². The van der Waals surface area contributed by atoms with Gasteiger partial charge in [-0.1, -0.05) is 11.6 Å². The van der Waals surface area contributed by atoms with Crippen LogP contribution in [0.3, 0.4) is 0 Å². The Bertz CT molecular complexity index is 809. The highest BCUT2D eigenvalue weighted by molar-refractivity contribution is 6.34. The van der Waals surface area contributed by atoms with E-state index in [1.54, 1.807) is 0 Å². The second-order valence-electron chi connectivity index (χ2n) is 5.09. The van der Waals surface area contributed by atoms with E-state index in [-0.39, 0.29) is 28.7 Å². The second kappa shape index (κ2) is 7.52. The maximum Gasteiger partial charge on any atom is 0.416 e. The lowest BCUT2D eigenvalue weighted by atomic mass is 10.1. The molecule has 0 aliphatic carbocycles. The average Bonchev–Trinajstić information content (AvgIpc) is 2.54. The summed E-state index contributed by atoms with van der Waals surface area (Å²) in [6, 6.07) is 5.48. The second-order valence-corrected chi connectivity index (χ2v) is 5.50. The van der Waals surface area contributed by atoms with Gasteiger partial charge in [0.2, 0.25) is 5.91 Å². The Hall–Kier alpha value is -2.61. The number of hydrogen-bond acceptors (Lipinski definition) is 3. The zero-order valence-corrected chi connectivity index (χ0v) is 13.7. The van der Waals surface area contributed by atoms with Crippen LogP contribution in [0.15, 0.2) is 36.5 Å². The highest BCUT2D eigenvalue weighted by Crippen LogP contribution is 2.33. The van der Waals surface area contributed by atoms with Gasteiger partial charge in [-0.25, -0.2) is 0 Å². The Morgan fingerprint density at radius 2 is 1.92 bits per heavy atom. The molecule has 1 aromatic heterocycles. The van der Waals surface area contributed by atoms with Crippen molar-refractivity contribution >= 4 is 29.1 Å². The van der Waals surface area contributed by atoms with Crippen LogP contribution < -0.4 is 10.6 Å². The number of benzene rings is 1. The summed E-state index contributed by atoms with van der Waals surface area (Å²) in [5.41, 5.74) is -0.475. The molecule has 2 N–H and O–H groups in total. The number of nitrogens with one attached hydrogen (secondary N) is 2. The van der Waals surface area contributed by atoms with E-state index in [9.17, 15) is 22.8 Å². The number of nitrogens with zero attached hydrogens (tertiary/aromatic N) is 1. The topological polar surface area (TPSA) is 71.1 Å². The first-order valence-electron chi connectivity index (χ1n) is 7.04. The number of anilines is 1. The molecule has 0 saturated heterocycles. The van der Waals surface area contributed by atoms with Crippen molar-refractivity contribution in [2.45, 2.75) is 19.6 Å². The SMILES string of the molecule is CC(=O)NCc1cc(C(=O)Nc2cc(C(F)(F)F)ccc2Cl)ccn1. The Kier molecular flexibility index (Phi) is 5.63. The van der Waals surface area contributed by atoms with E-state index in [4.69, 9.17) is 11.6 Å². The molecular weight excluding hydrogens is 359 g/mol. The lowest BCUT2D eigenvalue weighted by Gasteiger charge is -2.12. The molecule has 5 nitrogen and oxygen atoms in total. The van der Waals surface area contributed by atoms with Gasteiger partial charge in [-0.15, -0.1) is 0 Å². The van der Waals surface area contributed by atoms with Crippen LogP contribution in [0.1, 0.15) is 28.5 Å². The minimum Gasteiger partial charge on any atom is -0.351 e. The standard InChI is InChI=1S/C16H13ClF3N3O2/c1-9(24)22-8-12-6-10(4-5-21-12)15(25)23-14-7-11(16(18,19)20)2-3-13(14)17/h2-7H,8H2,1H3,(H,22,24)(H,23,25). The number of hydrogen-bond donors (Lipinski definition) is 2. The third-order valence-corrected chi connectivity index (χ3v) is 3.47. The Balaban J connectivity index is 2.20. The zero-order valence-electron chi connectivity index (χ0n) is 12.9. The summed E-state index contributed by atoms with van der Waals surface area (Å²) in [5.74, 6) is -0.903. The highest BCUT2D eigenvalue weighted by atomic mass is 35.5. The third-order valence-electron chi connectivity index (χ3n) is 3.14. The summed E-state index contributed by atoms with van der Waals surface area (Å²) >= 11 is 5.85. The van der Waals surface area contributed by atoms with Gasteiger partial charge in [0.15, 0.2) is 0 Å². The third kappa shape index (κ3) is 5.18. The van der Waals surface area contributed by atoms with E-state index in [1.165, 1.54) is 25.3 Å². The van der Waals surface area contributed by atoms with Crippen molar-refractivity contribution in [2.75, 3.05) is 5.32 Å². The van der Waals surface area contributed by atoms with Gasteiger partial charge in [0.1, 0.15) is 0 Å². The van der Waals surface area contributed by atoms with Crippen molar-refractivity contribution in [3.8, 4) is 0 Å². The lowest BCUT2D eigenvalue weighted by Crippen LogP contribution is -2.20. The van der Waals surface area contributed by atoms with Crippen molar-refractivity contribution in [3.05, 3.63) is 58.4 Å². The number of halogens is 4. The van der Waals surface area contributed by atoms with Gasteiger partial charge >= 0.3 is 6.18 Å². The molecule has 0 aliphatic rings. The van der Waals surface area contributed by atoms with Crippen LogP contribution in [0.2, 0.25) is 5.02 Å². The Morgan fingerprint density at radius 1 is 1.20 bits per heavy atom. The molecular formula is C16H13ClF3N3O2. The van der Waals surface area contributed by atoms with Gasteiger partial charge in [0.05, 0.1) is 28.5 Å². The molecule has 0 saturated carbocycles. The van der Waals surface area contributed by atoms with E-state index in [0.717, 1.165) is 18.2 Å². The van der Waals surface area contributed by atoms with Crippen LogP contribution in [-0.4, -0.2) is 16.8 Å². The minimum absolute atomic E-state index is 0.0196. The quantitative estimate of drug-likeness (QED) is 0.862. The van der Waals surface area contributed by atoms with Crippen LogP contribution in [0.5, 0.6) is 0 Å². The fraction of sp³-hybridized carbons (Fsp3) is 0.188. The van der Waals surface area contributed by atoms with E-state index in [2.05, 4.69) is 15.6 Å². The van der Waals surface area contributed by atoms with Crippen molar-refractivity contribution in [3.63, 3.8) is 0 Å². The summed E-state index contributed by atoms with van der Waals surface area (Å²) in [4.78, 5) is 27.1. The molecule has 9 heteroatoms. The van der Waals surface area contributed by atoms with Crippen LogP contribution in [0.4, 0.5) is 18.9 Å². The number of pyridine rings is 1. The fourth-order valence-corrected chi connectivity index (χ4v) is 2.09. The first-order chi connectivity index (χ1) is 11.7. The van der Waals surface area contributed by atoms with Crippen LogP contribution >= 0.6 is 11.6 Å². The molecule has 0 spiro atoms. The molecule has 132 valence electrons. The summed E-state index contributed by atoms with van der Waals surface area (Å²) in [7, 11) is 0. The molecule has 0 radical (unpaired) electrons. The van der Waals surface area contributed by atoms with Gasteiger partial charge in [0, 0.05) is 18.7 Å². The Morgan fingerprint density at radius 3 is 2.56 bits per heavy atom. The van der Waals surface area contributed by atoms with Gasteiger partial charge in [0.25, 0.3) is 5.91 Å². The molecule has 1 heterocycles. The number of alkyl halides is 3. The number of carbonyl (C=O) groups is 2. The van der Waals surface area contributed by atoms with E-state index < -0.39 is 17.6 Å². The van der Waals surface area contributed by atoms with E-state index >= 15 is 0 Å². The molecule has 0 bridgehead atoms. The molecule has 1 aromatic carbocycles. The van der Waals surface area contributed by atoms with Crippen molar-refractivity contribution in [2.24, 2.45) is 0 Å². The molecule has 0 atom stereocenters. The summed E-state index contributed by atoms with van der Waals surface area (Å²) in [5, 5.41) is 4.86. The molecule has 0 unspecified atom stereocenters. The first-order valence-corrected chi connectivity index (χ1v) is 7.42. The largest absolute Gasteiger partial charge is 0.416 e. The number of amides is 2. The molecule has 2 rings (SSSR count). The summed E-state index contributed by atoms with van der Waals surface area (Å²) < 4.78 is 38.3. The van der Waals surface area contributed by atoms with Gasteiger partial charge < -0.3 is 10.6 Å². The molecule has 0 fully saturated rings. The van der Waals surface area contributed by atoms with E-state index in [1.807, 2.05) is 0 Å². The lowest BCUT2D eigenvalue weighted by molar-refractivity contribution is -0.137. The monoisotopic (exact) mass is 371 g/mol. The number of rotatable bonds is 4. The van der Waals surface area contributed by atoms with Crippen molar-refractivity contribution in [1.82, 2.24) is 10.3 Å². The average molecular weight is 372 g/mol. The van der Waals surface area contributed by atoms with Crippen molar-refractivity contribution < 1.29 is 22.8 Å². The first kappa shape index (κ1) is 18.7. The van der Waals surface area contributed by atoms with Gasteiger partial charge in [-0.3, -0.25) is 14.6 Å². The highest BCUT2D eigenvalue weighted by Gasteiger charge is 2.31. The fourth-order valence-electron chi connectivity index (χ4n) is 1.92. The smallest absolute Gasteiger partial charge is 0.351 e. The predicted molar refractivity (Wildman–Crippen MR) is 86.2 cm³/mol. The van der Waals surface area contributed by atoms with Gasteiger partial charge in [-0.05, 0) is 30.3 Å². The van der Waals surface area contributed by atoms with Gasteiger partial charge in [-0.2, -0.15) is 13.2 Å². The zero-order chi connectivity index (χ0) is 18.6.